The number of benzene rings is 1. The highest BCUT2D eigenvalue weighted by Gasteiger charge is 2.43. The van der Waals surface area contributed by atoms with E-state index in [2.05, 4.69) is 0 Å². The first-order valence-corrected chi connectivity index (χ1v) is 7.33. The summed E-state index contributed by atoms with van der Waals surface area (Å²) >= 11 is 0. The Labute approximate surface area is 132 Å². The number of esters is 1. The monoisotopic (exact) mass is 320 g/mol. The van der Waals surface area contributed by atoms with Gasteiger partial charge in [-0.1, -0.05) is 0 Å². The van der Waals surface area contributed by atoms with Crippen LogP contribution in [-0.2, 0) is 14.3 Å². The Morgan fingerprint density at radius 2 is 2.22 bits per heavy atom. The molecule has 2 unspecified atom stereocenters. The molecule has 2 aliphatic rings. The van der Waals surface area contributed by atoms with Crippen molar-refractivity contribution in [3.05, 3.63) is 33.9 Å². The molecule has 0 N–H and O–H groups in total. The Morgan fingerprint density at radius 1 is 1.43 bits per heavy atom. The van der Waals surface area contributed by atoms with Crippen molar-refractivity contribution >= 4 is 17.6 Å². The number of carbonyl (C=O) groups is 2. The highest BCUT2D eigenvalue weighted by atomic mass is 16.6. The van der Waals surface area contributed by atoms with E-state index in [-0.39, 0.29) is 18.0 Å². The molecule has 0 radical (unpaired) electrons. The molecule has 8 heteroatoms. The number of ether oxygens (including phenoxy) is 2. The van der Waals surface area contributed by atoms with E-state index in [9.17, 15) is 19.7 Å². The Morgan fingerprint density at radius 3 is 2.91 bits per heavy atom. The molecule has 0 saturated carbocycles. The summed E-state index contributed by atoms with van der Waals surface area (Å²) in [6, 6.07) is 3.25. The minimum Gasteiger partial charge on any atom is -0.493 e. The lowest BCUT2D eigenvalue weighted by atomic mass is 9.97. The molecule has 1 aromatic carbocycles. The smallest absolute Gasteiger partial charge is 0.328 e. The van der Waals surface area contributed by atoms with Crippen LogP contribution in [-0.4, -0.2) is 41.5 Å². The number of nitro groups is 1. The minimum absolute atomic E-state index is 0.0690. The summed E-state index contributed by atoms with van der Waals surface area (Å²) < 4.78 is 10.3. The zero-order valence-corrected chi connectivity index (χ0v) is 12.6. The summed E-state index contributed by atoms with van der Waals surface area (Å²) in [6.07, 6.45) is 1.14. The largest absolute Gasteiger partial charge is 0.493 e. The van der Waals surface area contributed by atoms with E-state index in [1.165, 1.54) is 30.2 Å². The number of non-ortho nitro benzene ring substituents is 1. The summed E-state index contributed by atoms with van der Waals surface area (Å²) in [4.78, 5) is 36.2. The van der Waals surface area contributed by atoms with Crippen molar-refractivity contribution in [2.75, 3.05) is 13.7 Å². The molecule has 1 amide bonds. The fraction of sp³-hybridized carbons (Fsp3) is 0.467. The van der Waals surface area contributed by atoms with Crippen molar-refractivity contribution in [2.45, 2.75) is 31.3 Å². The van der Waals surface area contributed by atoms with Crippen LogP contribution in [0.4, 0.5) is 5.69 Å². The Hall–Kier alpha value is -2.64. The first-order chi connectivity index (χ1) is 11.0. The van der Waals surface area contributed by atoms with Crippen molar-refractivity contribution in [2.24, 2.45) is 0 Å². The third kappa shape index (κ3) is 2.60. The molecule has 122 valence electrons. The first kappa shape index (κ1) is 15.3. The molecule has 0 aromatic heterocycles. The summed E-state index contributed by atoms with van der Waals surface area (Å²) in [5.74, 6) is -0.103. The van der Waals surface area contributed by atoms with Crippen LogP contribution in [0.25, 0.3) is 0 Å². The van der Waals surface area contributed by atoms with Gasteiger partial charge in [0.25, 0.3) is 5.69 Å². The number of nitrogens with zero attached hydrogens (tertiary/aromatic N) is 2. The lowest BCUT2D eigenvalue weighted by molar-refractivity contribution is -0.385. The Kier molecular flexibility index (Phi) is 3.89. The second-order valence-electron chi connectivity index (χ2n) is 5.51. The maximum absolute atomic E-state index is 12.3. The van der Waals surface area contributed by atoms with Crippen LogP contribution in [0.15, 0.2) is 18.2 Å². The van der Waals surface area contributed by atoms with Crippen LogP contribution < -0.4 is 4.74 Å². The number of hydrogen-bond acceptors (Lipinski definition) is 6. The van der Waals surface area contributed by atoms with Gasteiger partial charge in [0.15, 0.2) is 0 Å². The molecular formula is C15H16N2O6. The molecule has 3 rings (SSSR count). The Bertz CT molecular complexity index is 674. The average Bonchev–Trinajstić information content (AvgIpc) is 2.94. The summed E-state index contributed by atoms with van der Waals surface area (Å²) in [5, 5.41) is 11.0. The number of nitro benzene ring substituents is 1. The molecule has 1 saturated heterocycles. The van der Waals surface area contributed by atoms with Crippen molar-refractivity contribution in [1.29, 1.82) is 0 Å². The minimum atomic E-state index is -0.650. The van der Waals surface area contributed by atoms with E-state index in [1.807, 2.05) is 0 Å². The number of likely N-dealkylation sites (tertiary alicyclic amines) is 1. The van der Waals surface area contributed by atoms with Crippen LogP contribution >= 0.6 is 0 Å². The number of methoxy groups -OCH3 is 1. The summed E-state index contributed by atoms with van der Waals surface area (Å²) in [6.45, 7) is 0.382. The van der Waals surface area contributed by atoms with Gasteiger partial charge in [-0.25, -0.2) is 4.79 Å². The van der Waals surface area contributed by atoms with E-state index in [0.717, 1.165) is 0 Å². The van der Waals surface area contributed by atoms with Gasteiger partial charge in [0.2, 0.25) is 5.91 Å². The van der Waals surface area contributed by atoms with E-state index >= 15 is 0 Å². The third-order valence-corrected chi connectivity index (χ3v) is 4.28. The quantitative estimate of drug-likeness (QED) is 0.476. The van der Waals surface area contributed by atoms with Gasteiger partial charge in [0.1, 0.15) is 11.8 Å². The van der Waals surface area contributed by atoms with Gasteiger partial charge >= 0.3 is 5.97 Å². The molecule has 1 fully saturated rings. The van der Waals surface area contributed by atoms with Crippen LogP contribution in [0.3, 0.4) is 0 Å². The molecule has 1 aromatic rings. The normalized spacial score (nSPS) is 23.2. The molecule has 2 atom stereocenters. The fourth-order valence-electron chi connectivity index (χ4n) is 3.23. The van der Waals surface area contributed by atoms with Gasteiger partial charge in [-0.15, -0.1) is 0 Å². The molecular weight excluding hydrogens is 304 g/mol. The second kappa shape index (κ2) is 5.86. The lowest BCUT2D eigenvalue weighted by Crippen LogP contribution is -2.43. The number of fused-ring (bicyclic) bond motifs is 1. The van der Waals surface area contributed by atoms with Crippen molar-refractivity contribution in [3.8, 4) is 5.75 Å². The zero-order valence-electron chi connectivity index (χ0n) is 12.6. The van der Waals surface area contributed by atoms with Gasteiger partial charge < -0.3 is 14.4 Å². The highest BCUT2D eigenvalue weighted by molar-refractivity contribution is 5.88. The lowest BCUT2D eigenvalue weighted by Gasteiger charge is -2.35. The van der Waals surface area contributed by atoms with Gasteiger partial charge in [0, 0.05) is 30.5 Å². The molecule has 0 bridgehead atoms. The van der Waals surface area contributed by atoms with Crippen LogP contribution in [0, 0.1) is 10.1 Å². The van der Waals surface area contributed by atoms with Gasteiger partial charge in [0.05, 0.1) is 24.7 Å². The SMILES string of the molecule is COC(=O)C1CCC(=O)N1C1CCOc2ccc([N+](=O)[O-])cc21. The van der Waals surface area contributed by atoms with Crippen LogP contribution in [0.2, 0.25) is 0 Å². The van der Waals surface area contributed by atoms with Crippen molar-refractivity contribution in [1.82, 2.24) is 4.90 Å². The molecule has 8 nitrogen and oxygen atoms in total. The first-order valence-electron chi connectivity index (χ1n) is 7.33. The van der Waals surface area contributed by atoms with Crippen molar-refractivity contribution in [3.63, 3.8) is 0 Å². The van der Waals surface area contributed by atoms with Gasteiger partial charge in [-0.05, 0) is 12.5 Å². The predicted octanol–water partition coefficient (Wildman–Crippen LogP) is 1.58. The molecule has 23 heavy (non-hydrogen) atoms. The van der Waals surface area contributed by atoms with E-state index in [1.54, 1.807) is 0 Å². The fourth-order valence-corrected chi connectivity index (χ4v) is 3.23. The predicted molar refractivity (Wildman–Crippen MR) is 77.8 cm³/mol. The van der Waals surface area contributed by atoms with E-state index < -0.39 is 23.0 Å². The van der Waals surface area contributed by atoms with Crippen LogP contribution in [0.1, 0.15) is 30.9 Å². The summed E-state index contributed by atoms with van der Waals surface area (Å²) in [5.41, 5.74) is 0.495. The van der Waals surface area contributed by atoms with Crippen LogP contribution in [0.5, 0.6) is 5.75 Å². The topological polar surface area (TPSA) is 99.0 Å². The Balaban J connectivity index is 2.01. The number of carbonyl (C=O) groups excluding carboxylic acids is 2. The number of hydrogen-bond donors (Lipinski definition) is 0. The van der Waals surface area contributed by atoms with E-state index in [4.69, 9.17) is 9.47 Å². The average molecular weight is 320 g/mol. The third-order valence-electron chi connectivity index (χ3n) is 4.28. The maximum Gasteiger partial charge on any atom is 0.328 e. The standard InChI is InChI=1S/C15H16N2O6/c1-22-15(19)12-3-5-14(18)16(12)11-6-7-23-13-4-2-9(17(20)21)8-10(11)13/h2,4,8,11-12H,3,5-7H2,1H3. The van der Waals surface area contributed by atoms with Crippen molar-refractivity contribution < 1.29 is 24.0 Å². The molecule has 2 heterocycles. The van der Waals surface area contributed by atoms with E-state index in [0.29, 0.717) is 30.8 Å². The number of amides is 1. The second-order valence-corrected chi connectivity index (χ2v) is 5.51. The zero-order chi connectivity index (χ0) is 16.6. The van der Waals surface area contributed by atoms with Gasteiger partial charge in [-0.2, -0.15) is 0 Å². The molecule has 0 aliphatic carbocycles. The molecule has 2 aliphatic heterocycles. The highest BCUT2D eigenvalue weighted by Crippen LogP contribution is 2.41. The number of rotatable bonds is 3. The summed E-state index contributed by atoms with van der Waals surface area (Å²) in [7, 11) is 1.28. The molecule has 0 spiro atoms. The van der Waals surface area contributed by atoms with Gasteiger partial charge in [-0.3, -0.25) is 14.9 Å². The maximum atomic E-state index is 12.3.